The summed E-state index contributed by atoms with van der Waals surface area (Å²) in [4.78, 5) is 27.3. The van der Waals surface area contributed by atoms with Crippen LogP contribution in [0.3, 0.4) is 0 Å². The molecule has 0 radical (unpaired) electrons. The molecule has 2 saturated heterocycles. The largest absolute Gasteiger partial charge is 0.463 e. The number of carbonyl (C=O) groups is 2. The highest BCUT2D eigenvalue weighted by Crippen LogP contribution is 2.46. The van der Waals surface area contributed by atoms with Crippen molar-refractivity contribution in [3.63, 3.8) is 0 Å². The fourth-order valence-electron chi connectivity index (χ4n) is 4.94. The number of ether oxygens (including phenoxy) is 2. The van der Waals surface area contributed by atoms with Crippen LogP contribution in [0.4, 0.5) is 4.79 Å². The predicted octanol–water partition coefficient (Wildman–Crippen LogP) is 5.81. The van der Waals surface area contributed by atoms with E-state index in [9.17, 15) is 9.59 Å². The maximum Gasteiger partial charge on any atom is 0.410 e. The summed E-state index contributed by atoms with van der Waals surface area (Å²) in [5, 5.41) is 0.410. The molecule has 0 spiro atoms. The summed E-state index contributed by atoms with van der Waals surface area (Å²) >= 11 is 23.4. The second-order valence-corrected chi connectivity index (χ2v) is 11.8. The average Bonchev–Trinajstić information content (AvgIpc) is 3.27. The van der Waals surface area contributed by atoms with Crippen molar-refractivity contribution in [2.24, 2.45) is 5.92 Å². The van der Waals surface area contributed by atoms with E-state index >= 15 is 0 Å². The number of halogens is 4. The zero-order chi connectivity index (χ0) is 22.6. The molecule has 6 nitrogen and oxygen atoms in total. The van der Waals surface area contributed by atoms with E-state index in [1.54, 1.807) is 17.2 Å². The predicted molar refractivity (Wildman–Crippen MR) is 118 cm³/mol. The van der Waals surface area contributed by atoms with Crippen LogP contribution in [-0.2, 0) is 19.7 Å². The molecule has 1 aromatic rings. The molecular weight excluding hydrogens is 488 g/mol. The van der Waals surface area contributed by atoms with Crippen LogP contribution >= 0.6 is 46.4 Å². The molecule has 3 heterocycles. The van der Waals surface area contributed by atoms with E-state index < -0.39 is 21.2 Å². The van der Waals surface area contributed by atoms with Crippen LogP contribution in [0, 0.1) is 5.92 Å². The molecule has 2 fully saturated rings. The summed E-state index contributed by atoms with van der Waals surface area (Å²) in [5.74, 6) is -0.267. The van der Waals surface area contributed by atoms with E-state index in [-0.39, 0.29) is 30.8 Å². The van der Waals surface area contributed by atoms with Crippen molar-refractivity contribution in [3.05, 3.63) is 29.7 Å². The zero-order valence-corrected chi connectivity index (χ0v) is 20.1. The van der Waals surface area contributed by atoms with Gasteiger partial charge in [0.05, 0.1) is 17.2 Å². The minimum Gasteiger partial charge on any atom is -0.463 e. The molecule has 1 amide bonds. The van der Waals surface area contributed by atoms with Crippen molar-refractivity contribution < 1.29 is 23.5 Å². The van der Waals surface area contributed by atoms with Crippen LogP contribution in [0.1, 0.15) is 50.9 Å². The molecule has 170 valence electrons. The molecule has 1 aliphatic carbocycles. The summed E-state index contributed by atoms with van der Waals surface area (Å²) in [6, 6.07) is 1.70. The first-order valence-electron chi connectivity index (χ1n) is 10.2. The molecule has 2 aliphatic heterocycles. The van der Waals surface area contributed by atoms with Crippen LogP contribution in [-0.4, -0.2) is 45.5 Å². The fraction of sp³-hybridized carbons (Fsp3) is 0.619. The third-order valence-electron chi connectivity index (χ3n) is 6.46. The summed E-state index contributed by atoms with van der Waals surface area (Å²) in [6.45, 7) is 3.63. The normalized spacial score (nSPS) is 29.2. The number of amides is 1. The molecule has 4 rings (SSSR count). The van der Waals surface area contributed by atoms with Gasteiger partial charge in [0, 0.05) is 35.9 Å². The first kappa shape index (κ1) is 23.1. The summed E-state index contributed by atoms with van der Waals surface area (Å²) in [5.41, 5.74) is 0.368. The van der Waals surface area contributed by atoms with Crippen LogP contribution in [0.2, 0.25) is 0 Å². The highest BCUT2D eigenvalue weighted by atomic mass is 35.6. The van der Waals surface area contributed by atoms with Gasteiger partial charge in [-0.05, 0) is 25.0 Å². The maximum absolute atomic E-state index is 13.1. The highest BCUT2D eigenvalue weighted by Gasteiger charge is 2.48. The molecule has 2 unspecified atom stereocenters. The van der Waals surface area contributed by atoms with Crippen molar-refractivity contribution in [2.75, 3.05) is 6.61 Å². The van der Waals surface area contributed by atoms with Gasteiger partial charge in [-0.3, -0.25) is 4.79 Å². The number of esters is 1. The van der Waals surface area contributed by atoms with E-state index in [1.807, 2.05) is 19.9 Å². The molecular formula is C21H23Cl4NO5. The number of fused-ring (bicyclic) bond motifs is 3. The standard InChI is InChI=1S/C21H23Cl4NO5/c1-20(2)14-5-6-29-17(14)16(22)9-15(20)18(27)31-13-7-11-3-4-12(8-13)26(11)19(28)30-10-21(23,24)25/h5-6,9,11-13,15H,3-4,7-8,10H2,1-2H3/t11-,12+,13?,15?. The number of carbonyl (C=O) groups excluding carboxylic acids is 2. The first-order chi connectivity index (χ1) is 14.5. The number of hydrogen-bond acceptors (Lipinski definition) is 5. The second kappa shape index (κ2) is 8.36. The van der Waals surface area contributed by atoms with Gasteiger partial charge in [0.1, 0.15) is 18.5 Å². The highest BCUT2D eigenvalue weighted by molar-refractivity contribution is 6.67. The quantitative estimate of drug-likeness (QED) is 0.379. The summed E-state index contributed by atoms with van der Waals surface area (Å²) < 4.78 is 14.9. The molecule has 3 aliphatic rings. The lowest BCUT2D eigenvalue weighted by molar-refractivity contribution is -0.157. The van der Waals surface area contributed by atoms with Crippen LogP contribution in [0.25, 0.3) is 5.03 Å². The Kier molecular flexibility index (Phi) is 6.23. The Morgan fingerprint density at radius 1 is 1.23 bits per heavy atom. The maximum atomic E-state index is 13.1. The van der Waals surface area contributed by atoms with Gasteiger partial charge in [0.15, 0.2) is 0 Å². The Morgan fingerprint density at radius 2 is 1.87 bits per heavy atom. The topological polar surface area (TPSA) is 69.0 Å². The van der Waals surface area contributed by atoms with Crippen LogP contribution in [0.15, 0.2) is 22.8 Å². The molecule has 31 heavy (non-hydrogen) atoms. The molecule has 2 bridgehead atoms. The molecule has 1 aromatic heterocycles. The Bertz CT molecular complexity index is 892. The van der Waals surface area contributed by atoms with Gasteiger partial charge in [-0.15, -0.1) is 0 Å². The number of nitrogens with zero attached hydrogens (tertiary/aromatic N) is 1. The number of piperidine rings is 1. The van der Waals surface area contributed by atoms with Gasteiger partial charge in [-0.2, -0.15) is 0 Å². The van der Waals surface area contributed by atoms with Crippen molar-refractivity contribution in [1.82, 2.24) is 4.90 Å². The van der Waals surface area contributed by atoms with E-state index in [1.165, 1.54) is 0 Å². The van der Waals surface area contributed by atoms with Gasteiger partial charge < -0.3 is 18.8 Å². The lowest BCUT2D eigenvalue weighted by atomic mass is 9.70. The van der Waals surface area contributed by atoms with Gasteiger partial charge in [-0.25, -0.2) is 4.79 Å². The molecule has 0 aromatic carbocycles. The lowest BCUT2D eigenvalue weighted by Gasteiger charge is -2.39. The van der Waals surface area contributed by atoms with Gasteiger partial charge in [-0.1, -0.05) is 60.3 Å². The van der Waals surface area contributed by atoms with E-state index in [0.717, 1.165) is 18.4 Å². The monoisotopic (exact) mass is 509 g/mol. The SMILES string of the molecule is CC1(C)c2ccoc2C(Cl)=CC1C(=O)OC1C[C@H]2CC[C@@H](C1)N2C(=O)OCC(Cl)(Cl)Cl. The van der Waals surface area contributed by atoms with Gasteiger partial charge in [0.25, 0.3) is 0 Å². The average molecular weight is 511 g/mol. The molecule has 4 atom stereocenters. The van der Waals surface area contributed by atoms with E-state index in [2.05, 4.69) is 0 Å². The number of hydrogen-bond donors (Lipinski definition) is 0. The fourth-order valence-corrected chi connectivity index (χ4v) is 5.38. The smallest absolute Gasteiger partial charge is 0.410 e. The Balaban J connectivity index is 1.40. The Morgan fingerprint density at radius 3 is 2.48 bits per heavy atom. The minimum atomic E-state index is -1.65. The second-order valence-electron chi connectivity index (χ2n) is 8.87. The van der Waals surface area contributed by atoms with Crippen LogP contribution in [0.5, 0.6) is 0 Å². The van der Waals surface area contributed by atoms with Crippen molar-refractivity contribution >= 4 is 63.5 Å². The number of alkyl halides is 3. The molecule has 10 heteroatoms. The molecule has 0 N–H and O–H groups in total. The molecule has 0 saturated carbocycles. The Hall–Kier alpha value is -1.08. The van der Waals surface area contributed by atoms with Crippen molar-refractivity contribution in [1.29, 1.82) is 0 Å². The van der Waals surface area contributed by atoms with Crippen molar-refractivity contribution in [2.45, 2.75) is 66.9 Å². The minimum absolute atomic E-state index is 0.0709. The number of rotatable bonds is 3. The zero-order valence-electron chi connectivity index (χ0n) is 17.1. The lowest BCUT2D eigenvalue weighted by Crippen LogP contribution is -2.50. The van der Waals surface area contributed by atoms with Crippen LogP contribution < -0.4 is 0 Å². The third-order valence-corrected chi connectivity index (χ3v) is 7.09. The Labute approximate surface area is 200 Å². The number of furan rings is 1. The van der Waals surface area contributed by atoms with Gasteiger partial charge >= 0.3 is 12.1 Å². The van der Waals surface area contributed by atoms with E-state index in [4.69, 9.17) is 60.3 Å². The van der Waals surface area contributed by atoms with E-state index in [0.29, 0.717) is 23.6 Å². The van der Waals surface area contributed by atoms with Crippen molar-refractivity contribution in [3.8, 4) is 0 Å². The first-order valence-corrected chi connectivity index (χ1v) is 11.7. The summed E-state index contributed by atoms with van der Waals surface area (Å²) in [7, 11) is 0. The van der Waals surface area contributed by atoms with Gasteiger partial charge in [0.2, 0.25) is 3.79 Å². The summed E-state index contributed by atoms with van der Waals surface area (Å²) in [6.07, 6.45) is 5.23. The third kappa shape index (κ3) is 4.54.